The van der Waals surface area contributed by atoms with Gasteiger partial charge in [-0.25, -0.2) is 10.1 Å². The van der Waals surface area contributed by atoms with Crippen LogP contribution in [0.15, 0.2) is 151 Å². The maximum absolute atomic E-state index is 12.8. The van der Waals surface area contributed by atoms with Crippen molar-refractivity contribution in [3.05, 3.63) is 168 Å². The van der Waals surface area contributed by atoms with E-state index in [1.165, 1.54) is 0 Å². The van der Waals surface area contributed by atoms with Crippen molar-refractivity contribution < 1.29 is 14.3 Å². The second kappa shape index (κ2) is 13.8. The lowest BCUT2D eigenvalue weighted by atomic mass is 10.1. The van der Waals surface area contributed by atoms with Crippen LogP contribution in [0.5, 0.6) is 11.5 Å². The van der Waals surface area contributed by atoms with Gasteiger partial charge in [0.25, 0.3) is 5.91 Å². The monoisotopic (exact) mass is 578 g/mol. The van der Waals surface area contributed by atoms with Crippen molar-refractivity contribution in [1.82, 2.24) is 15.2 Å². The van der Waals surface area contributed by atoms with Gasteiger partial charge in [-0.15, -0.1) is 0 Å². The highest BCUT2D eigenvalue weighted by Gasteiger charge is 2.12. The van der Waals surface area contributed by atoms with E-state index in [9.17, 15) is 4.79 Å². The topological polar surface area (TPSA) is 77.7 Å². The molecule has 1 aromatic heterocycles. The molecule has 44 heavy (non-hydrogen) atoms. The number of nitrogens with zero attached hydrogens (tertiary/aromatic N) is 3. The molecule has 0 aliphatic rings. The van der Waals surface area contributed by atoms with Gasteiger partial charge in [0.2, 0.25) is 0 Å². The van der Waals surface area contributed by atoms with E-state index in [-0.39, 0.29) is 5.91 Å². The van der Waals surface area contributed by atoms with Crippen LogP contribution in [0.1, 0.15) is 27.0 Å². The van der Waals surface area contributed by atoms with Crippen LogP contribution < -0.4 is 14.9 Å². The number of benzene rings is 5. The summed E-state index contributed by atoms with van der Waals surface area (Å²) in [6, 6.07) is 44.6. The third kappa shape index (κ3) is 7.27. The molecular formula is C37H30N4O3. The zero-order valence-electron chi connectivity index (χ0n) is 23.9. The molecule has 0 spiro atoms. The number of para-hydroxylation sites is 1. The second-order valence-corrected chi connectivity index (χ2v) is 10.0. The number of carbonyl (C=O) groups excluding carboxylic acids is 1. The van der Waals surface area contributed by atoms with Gasteiger partial charge >= 0.3 is 0 Å². The molecule has 0 unspecified atom stereocenters. The molecule has 6 rings (SSSR count). The summed E-state index contributed by atoms with van der Waals surface area (Å²) in [5.41, 5.74) is 8.55. The smallest absolute Gasteiger partial charge is 0.271 e. The number of aromatic nitrogens is 2. The van der Waals surface area contributed by atoms with Gasteiger partial charge in [0, 0.05) is 22.9 Å². The van der Waals surface area contributed by atoms with Crippen molar-refractivity contribution in [2.24, 2.45) is 5.10 Å². The van der Waals surface area contributed by atoms with Gasteiger partial charge in [0.05, 0.1) is 11.9 Å². The number of ether oxygens (including phenoxy) is 2. The van der Waals surface area contributed by atoms with Crippen LogP contribution in [0.25, 0.3) is 16.9 Å². The van der Waals surface area contributed by atoms with E-state index < -0.39 is 0 Å². The van der Waals surface area contributed by atoms with E-state index >= 15 is 0 Å². The number of carbonyl (C=O) groups is 1. The number of hydrazone groups is 1. The minimum atomic E-state index is -0.326. The molecule has 0 atom stereocenters. The van der Waals surface area contributed by atoms with Gasteiger partial charge < -0.3 is 9.47 Å². The lowest BCUT2D eigenvalue weighted by molar-refractivity contribution is 0.0955. The first-order chi connectivity index (χ1) is 21.7. The summed E-state index contributed by atoms with van der Waals surface area (Å²) < 4.78 is 13.6. The second-order valence-electron chi connectivity index (χ2n) is 10.0. The van der Waals surface area contributed by atoms with Crippen molar-refractivity contribution >= 4 is 12.1 Å². The molecule has 216 valence electrons. The summed E-state index contributed by atoms with van der Waals surface area (Å²) >= 11 is 0. The maximum Gasteiger partial charge on any atom is 0.271 e. The Hall–Kier alpha value is -5.95. The van der Waals surface area contributed by atoms with Crippen LogP contribution in [-0.2, 0) is 13.2 Å². The number of amides is 1. The van der Waals surface area contributed by atoms with E-state index in [0.29, 0.717) is 24.5 Å². The molecule has 1 heterocycles. The van der Waals surface area contributed by atoms with Crippen molar-refractivity contribution in [3.63, 3.8) is 0 Å². The molecule has 1 N–H and O–H groups in total. The lowest BCUT2D eigenvalue weighted by Gasteiger charge is -2.07. The molecule has 0 fully saturated rings. The summed E-state index contributed by atoms with van der Waals surface area (Å²) in [6.45, 7) is 0.947. The lowest BCUT2D eigenvalue weighted by Crippen LogP contribution is -2.17. The Kier molecular flexibility index (Phi) is 8.84. The fourth-order valence-electron chi connectivity index (χ4n) is 4.54. The van der Waals surface area contributed by atoms with Gasteiger partial charge in [-0.2, -0.15) is 10.2 Å². The standard InChI is InChI=1S/C37H30N4O3/c42-37(31-18-22-35(23-19-31)44-27-29-12-6-2-7-13-29)39-38-24-32-25-41(33-14-8-3-9-15-33)40-36(32)30-16-20-34(21-17-30)43-26-28-10-4-1-5-11-28/h1-25H,26-27H2,(H,39,42)/b38-24+. The number of hydrogen-bond acceptors (Lipinski definition) is 5. The molecule has 1 amide bonds. The van der Waals surface area contributed by atoms with Crippen molar-refractivity contribution in [1.29, 1.82) is 0 Å². The van der Waals surface area contributed by atoms with Gasteiger partial charge in [0.1, 0.15) is 30.4 Å². The first-order valence-corrected chi connectivity index (χ1v) is 14.2. The zero-order valence-corrected chi connectivity index (χ0v) is 23.9. The Bertz CT molecular complexity index is 1820. The Morgan fingerprint density at radius 3 is 1.77 bits per heavy atom. The first kappa shape index (κ1) is 28.2. The van der Waals surface area contributed by atoms with Crippen LogP contribution in [0.3, 0.4) is 0 Å². The fourth-order valence-corrected chi connectivity index (χ4v) is 4.54. The minimum absolute atomic E-state index is 0.326. The normalized spacial score (nSPS) is 10.9. The van der Waals surface area contributed by atoms with Gasteiger partial charge in [-0.05, 0) is 71.8 Å². The molecule has 6 aromatic rings. The highest BCUT2D eigenvalue weighted by molar-refractivity contribution is 5.95. The van der Waals surface area contributed by atoms with Crippen LogP contribution in [0.4, 0.5) is 0 Å². The average Bonchev–Trinajstić information content (AvgIpc) is 3.52. The SMILES string of the molecule is O=C(N/N=C/c1cn(-c2ccccc2)nc1-c1ccc(OCc2ccccc2)cc1)c1ccc(OCc2ccccc2)cc1. The third-order valence-corrected chi connectivity index (χ3v) is 6.87. The fraction of sp³-hybridized carbons (Fsp3) is 0.0541. The van der Waals surface area contributed by atoms with Crippen LogP contribution in [-0.4, -0.2) is 21.9 Å². The third-order valence-electron chi connectivity index (χ3n) is 6.87. The van der Waals surface area contributed by atoms with Crippen LogP contribution >= 0.6 is 0 Å². The molecule has 0 radical (unpaired) electrons. The van der Waals surface area contributed by atoms with E-state index in [1.54, 1.807) is 35.2 Å². The Morgan fingerprint density at radius 1 is 0.682 bits per heavy atom. The molecule has 0 aliphatic carbocycles. The Balaban J connectivity index is 1.14. The number of rotatable bonds is 11. The molecule has 0 bridgehead atoms. The van der Waals surface area contributed by atoms with Crippen molar-refractivity contribution in [2.75, 3.05) is 0 Å². The largest absolute Gasteiger partial charge is 0.489 e. The molecular weight excluding hydrogens is 548 g/mol. The molecule has 0 aliphatic heterocycles. The predicted octanol–water partition coefficient (Wildman–Crippen LogP) is 7.46. The van der Waals surface area contributed by atoms with Gasteiger partial charge in [-0.1, -0.05) is 78.9 Å². The molecule has 0 saturated carbocycles. The van der Waals surface area contributed by atoms with E-state index in [2.05, 4.69) is 10.5 Å². The number of hydrogen-bond donors (Lipinski definition) is 1. The van der Waals surface area contributed by atoms with Crippen molar-refractivity contribution in [3.8, 4) is 28.4 Å². The first-order valence-electron chi connectivity index (χ1n) is 14.2. The molecule has 5 aromatic carbocycles. The Labute approximate surface area is 256 Å². The van der Waals surface area contributed by atoms with E-state index in [4.69, 9.17) is 14.6 Å². The molecule has 7 heteroatoms. The summed E-state index contributed by atoms with van der Waals surface area (Å²) in [6.07, 6.45) is 3.50. The zero-order chi connectivity index (χ0) is 30.0. The van der Waals surface area contributed by atoms with E-state index in [1.807, 2.05) is 121 Å². The number of nitrogens with one attached hydrogen (secondary N) is 1. The summed E-state index contributed by atoms with van der Waals surface area (Å²) in [5.74, 6) is 1.12. The van der Waals surface area contributed by atoms with E-state index in [0.717, 1.165) is 39.4 Å². The molecule has 7 nitrogen and oxygen atoms in total. The van der Waals surface area contributed by atoms with Gasteiger partial charge in [-0.3, -0.25) is 4.79 Å². The summed E-state index contributed by atoms with van der Waals surface area (Å²) in [4.78, 5) is 12.8. The summed E-state index contributed by atoms with van der Waals surface area (Å²) in [5, 5.41) is 9.09. The highest BCUT2D eigenvalue weighted by atomic mass is 16.5. The predicted molar refractivity (Wildman–Crippen MR) is 172 cm³/mol. The average molecular weight is 579 g/mol. The Morgan fingerprint density at radius 2 is 1.20 bits per heavy atom. The minimum Gasteiger partial charge on any atom is -0.489 e. The van der Waals surface area contributed by atoms with Crippen molar-refractivity contribution in [2.45, 2.75) is 13.2 Å². The van der Waals surface area contributed by atoms with Crippen LogP contribution in [0.2, 0.25) is 0 Å². The van der Waals surface area contributed by atoms with Crippen LogP contribution in [0, 0.1) is 0 Å². The maximum atomic E-state index is 12.8. The molecule has 0 saturated heterocycles. The van der Waals surface area contributed by atoms with Gasteiger partial charge in [0.15, 0.2) is 0 Å². The summed E-state index contributed by atoms with van der Waals surface area (Å²) in [7, 11) is 0. The quantitative estimate of drug-likeness (QED) is 0.128. The highest BCUT2D eigenvalue weighted by Crippen LogP contribution is 2.25.